The molecule has 0 bridgehead atoms. The summed E-state index contributed by atoms with van der Waals surface area (Å²) in [5.41, 5.74) is 0.211. The molecular formula is C8H8N6O4. The summed E-state index contributed by atoms with van der Waals surface area (Å²) in [5.74, 6) is -0.975. The fourth-order valence-corrected chi connectivity index (χ4v) is 1.30. The Bertz CT molecular complexity index is 615. The molecule has 2 aromatic heterocycles. The first-order valence-electron chi connectivity index (χ1n) is 4.71. The Morgan fingerprint density at radius 3 is 2.83 bits per heavy atom. The van der Waals surface area contributed by atoms with Crippen molar-refractivity contribution in [3.63, 3.8) is 0 Å². The van der Waals surface area contributed by atoms with Crippen molar-refractivity contribution in [1.29, 1.82) is 0 Å². The number of aryl methyl sites for hydroxylation is 1. The number of hydrogen-bond donors (Lipinski definition) is 0. The largest absolute Gasteiger partial charge is 0.493 e. The molecule has 0 unspecified atom stereocenters. The zero-order chi connectivity index (χ0) is 13.3. The number of carbonyl (C=O) groups excluding carboxylic acids is 1. The minimum atomic E-state index is -0.714. The van der Waals surface area contributed by atoms with Crippen LogP contribution >= 0.6 is 0 Å². The van der Waals surface area contributed by atoms with Gasteiger partial charge in [0, 0.05) is 12.1 Å². The number of methoxy groups -OCH3 is 1. The van der Waals surface area contributed by atoms with Crippen molar-refractivity contribution in [3.8, 4) is 5.95 Å². The van der Waals surface area contributed by atoms with Gasteiger partial charge in [0.2, 0.25) is 0 Å². The van der Waals surface area contributed by atoms with Crippen LogP contribution in [0.15, 0.2) is 12.4 Å². The summed E-state index contributed by atoms with van der Waals surface area (Å²) in [6.45, 7) is 0. The van der Waals surface area contributed by atoms with E-state index in [0.717, 1.165) is 0 Å². The lowest BCUT2D eigenvalue weighted by Crippen LogP contribution is -2.05. The van der Waals surface area contributed by atoms with E-state index in [9.17, 15) is 14.9 Å². The Kier molecular flexibility index (Phi) is 2.75. The number of rotatable bonds is 3. The second kappa shape index (κ2) is 4.24. The topological polar surface area (TPSA) is 118 Å². The van der Waals surface area contributed by atoms with E-state index in [2.05, 4.69) is 19.9 Å². The SMILES string of the molecule is COC(=O)c1cnn(-c2nc([N+](=O)[O-])nn2C)c1. The van der Waals surface area contributed by atoms with Gasteiger partial charge in [-0.25, -0.2) is 4.79 Å². The molecule has 0 aliphatic heterocycles. The molecule has 0 spiro atoms. The monoisotopic (exact) mass is 252 g/mol. The highest BCUT2D eigenvalue weighted by molar-refractivity contribution is 5.88. The van der Waals surface area contributed by atoms with Crippen LogP contribution in [0.2, 0.25) is 0 Å². The molecule has 0 fully saturated rings. The Hall–Kier alpha value is -2.78. The number of carbonyl (C=O) groups is 1. The first-order chi connectivity index (χ1) is 8.52. The maximum Gasteiger partial charge on any atom is 0.493 e. The predicted molar refractivity (Wildman–Crippen MR) is 56.1 cm³/mol. The summed E-state index contributed by atoms with van der Waals surface area (Å²) >= 11 is 0. The molecule has 2 heterocycles. The number of hydrogen-bond acceptors (Lipinski definition) is 7. The molecule has 0 saturated heterocycles. The van der Waals surface area contributed by atoms with Gasteiger partial charge in [-0.3, -0.25) is 0 Å². The Morgan fingerprint density at radius 1 is 1.56 bits per heavy atom. The molecule has 10 heteroatoms. The standard InChI is InChI=1S/C8H8N6O4/c1-12-8(10-7(11-12)14(16)17)13-4-5(3-9-13)6(15)18-2/h3-4H,1-2H3. The maximum absolute atomic E-state index is 11.2. The molecule has 0 aliphatic carbocycles. The van der Waals surface area contributed by atoms with Gasteiger partial charge in [-0.05, 0) is 9.91 Å². The van der Waals surface area contributed by atoms with E-state index in [1.165, 1.54) is 35.9 Å². The van der Waals surface area contributed by atoms with Crippen LogP contribution in [0.1, 0.15) is 10.4 Å². The molecular weight excluding hydrogens is 244 g/mol. The molecule has 0 radical (unpaired) electrons. The molecule has 0 N–H and O–H groups in total. The third-order valence-electron chi connectivity index (χ3n) is 2.10. The van der Waals surface area contributed by atoms with Crippen LogP contribution in [0.4, 0.5) is 5.95 Å². The van der Waals surface area contributed by atoms with Crippen LogP contribution in [-0.2, 0) is 11.8 Å². The van der Waals surface area contributed by atoms with E-state index in [-0.39, 0.29) is 11.5 Å². The van der Waals surface area contributed by atoms with Crippen LogP contribution in [0, 0.1) is 10.1 Å². The van der Waals surface area contributed by atoms with E-state index in [1.54, 1.807) is 0 Å². The smallest absolute Gasteiger partial charge is 0.465 e. The van der Waals surface area contributed by atoms with Gasteiger partial charge >= 0.3 is 17.9 Å². The fraction of sp³-hybridized carbons (Fsp3) is 0.250. The Balaban J connectivity index is 2.40. The molecule has 0 atom stereocenters. The highest BCUT2D eigenvalue weighted by Gasteiger charge is 2.22. The van der Waals surface area contributed by atoms with Crippen molar-refractivity contribution in [2.45, 2.75) is 0 Å². The first kappa shape index (κ1) is 11.7. The van der Waals surface area contributed by atoms with Gasteiger partial charge in [0.1, 0.15) is 0 Å². The highest BCUT2D eigenvalue weighted by Crippen LogP contribution is 2.10. The van der Waals surface area contributed by atoms with Gasteiger partial charge in [0.15, 0.2) is 0 Å². The quantitative estimate of drug-likeness (QED) is 0.417. The minimum absolute atomic E-state index is 0.122. The Labute approximate surface area is 99.9 Å². The zero-order valence-corrected chi connectivity index (χ0v) is 9.47. The average Bonchev–Trinajstić information content (AvgIpc) is 2.94. The molecule has 0 aliphatic rings. The minimum Gasteiger partial charge on any atom is -0.465 e. The Morgan fingerprint density at radius 2 is 2.28 bits per heavy atom. The van der Waals surface area contributed by atoms with Gasteiger partial charge < -0.3 is 14.9 Å². The predicted octanol–water partition coefficient (Wildman–Crippen LogP) is -0.304. The van der Waals surface area contributed by atoms with E-state index in [4.69, 9.17) is 0 Å². The molecule has 2 aromatic rings. The van der Waals surface area contributed by atoms with Gasteiger partial charge in [0.25, 0.3) is 0 Å². The van der Waals surface area contributed by atoms with Crippen molar-refractivity contribution in [1.82, 2.24) is 24.5 Å². The lowest BCUT2D eigenvalue weighted by molar-refractivity contribution is -0.394. The molecule has 0 amide bonds. The third-order valence-corrected chi connectivity index (χ3v) is 2.10. The van der Waals surface area contributed by atoms with E-state index < -0.39 is 16.8 Å². The summed E-state index contributed by atoms with van der Waals surface area (Å²) in [7, 11) is 2.72. The molecule has 2 rings (SSSR count). The summed E-state index contributed by atoms with van der Waals surface area (Å²) in [5, 5.41) is 18.0. The van der Waals surface area contributed by atoms with Gasteiger partial charge in [-0.2, -0.15) is 14.5 Å². The summed E-state index contributed by atoms with van der Waals surface area (Å²) in [6.07, 6.45) is 2.62. The number of nitrogens with zero attached hydrogens (tertiary/aromatic N) is 6. The molecule has 18 heavy (non-hydrogen) atoms. The fourth-order valence-electron chi connectivity index (χ4n) is 1.30. The highest BCUT2D eigenvalue weighted by atomic mass is 16.6. The van der Waals surface area contributed by atoms with Crippen molar-refractivity contribution < 1.29 is 14.5 Å². The maximum atomic E-state index is 11.2. The number of aromatic nitrogens is 5. The zero-order valence-electron chi connectivity index (χ0n) is 9.47. The number of ether oxygens (including phenoxy) is 1. The molecule has 94 valence electrons. The summed E-state index contributed by atoms with van der Waals surface area (Å²) in [6, 6.07) is 0. The van der Waals surface area contributed by atoms with Crippen LogP contribution in [-0.4, -0.2) is 42.5 Å². The normalized spacial score (nSPS) is 10.3. The van der Waals surface area contributed by atoms with Crippen LogP contribution in [0.25, 0.3) is 5.95 Å². The summed E-state index contributed by atoms with van der Waals surface area (Å²) < 4.78 is 6.90. The van der Waals surface area contributed by atoms with Crippen molar-refractivity contribution in [2.24, 2.45) is 7.05 Å². The first-order valence-corrected chi connectivity index (χ1v) is 4.71. The van der Waals surface area contributed by atoms with Crippen LogP contribution in [0.3, 0.4) is 0 Å². The average molecular weight is 252 g/mol. The van der Waals surface area contributed by atoms with Crippen LogP contribution in [0.5, 0.6) is 0 Å². The van der Waals surface area contributed by atoms with Crippen LogP contribution < -0.4 is 0 Å². The van der Waals surface area contributed by atoms with Gasteiger partial charge in [-0.1, -0.05) is 0 Å². The van der Waals surface area contributed by atoms with Gasteiger partial charge in [0.05, 0.1) is 25.1 Å². The lowest BCUT2D eigenvalue weighted by atomic mass is 10.4. The molecule has 0 saturated carbocycles. The number of nitro groups is 1. The van der Waals surface area contributed by atoms with Crippen molar-refractivity contribution in [3.05, 3.63) is 28.1 Å². The van der Waals surface area contributed by atoms with Crippen molar-refractivity contribution >= 4 is 11.9 Å². The summed E-state index contributed by atoms with van der Waals surface area (Å²) in [4.78, 5) is 24.7. The lowest BCUT2D eigenvalue weighted by Gasteiger charge is -1.93. The van der Waals surface area contributed by atoms with Gasteiger partial charge in [-0.15, -0.1) is 0 Å². The second-order valence-corrected chi connectivity index (χ2v) is 3.26. The second-order valence-electron chi connectivity index (χ2n) is 3.26. The molecule has 0 aromatic carbocycles. The molecule has 10 nitrogen and oxygen atoms in total. The van der Waals surface area contributed by atoms with E-state index >= 15 is 0 Å². The van der Waals surface area contributed by atoms with E-state index in [0.29, 0.717) is 0 Å². The third kappa shape index (κ3) is 1.90. The van der Waals surface area contributed by atoms with E-state index in [1.807, 2.05) is 0 Å². The van der Waals surface area contributed by atoms with Crippen molar-refractivity contribution in [2.75, 3.05) is 7.11 Å². The number of esters is 1.